The van der Waals surface area contributed by atoms with Gasteiger partial charge in [-0.15, -0.1) is 0 Å². The van der Waals surface area contributed by atoms with Gasteiger partial charge in [-0.3, -0.25) is 4.79 Å². The lowest BCUT2D eigenvalue weighted by molar-refractivity contribution is 0.0965. The van der Waals surface area contributed by atoms with E-state index in [1.165, 1.54) is 6.21 Å². The normalized spacial score (nSPS) is 23.0. The molecule has 0 saturated heterocycles. The Bertz CT molecular complexity index is 732. The van der Waals surface area contributed by atoms with Crippen LogP contribution in [0, 0.1) is 5.41 Å². The summed E-state index contributed by atoms with van der Waals surface area (Å²) < 4.78 is 0. The molecular formula is C17H23ClN6O. The predicted molar refractivity (Wildman–Crippen MR) is 100 cm³/mol. The van der Waals surface area contributed by atoms with Crippen LogP contribution in [0.3, 0.4) is 0 Å². The third-order valence-corrected chi connectivity index (χ3v) is 5.17. The van der Waals surface area contributed by atoms with E-state index in [4.69, 9.17) is 22.7 Å². The molecule has 1 aromatic rings. The second kappa shape index (κ2) is 7.41. The molecule has 7 nitrogen and oxygen atoms in total. The number of hydrogen-bond donors (Lipinski definition) is 5. The number of pyridine rings is 1. The number of hydrogen-bond acceptors (Lipinski definition) is 6. The molecule has 1 aromatic heterocycles. The SMILES string of the molecule is CN/C=C(\C=N)c1nc(N[C@@H]2CCCC[C@@H]2N)c(Cl)c2c1C(=O)NC2. The van der Waals surface area contributed by atoms with E-state index in [9.17, 15) is 4.79 Å². The minimum Gasteiger partial charge on any atom is -0.393 e. The van der Waals surface area contributed by atoms with Gasteiger partial charge in [0, 0.05) is 49.2 Å². The van der Waals surface area contributed by atoms with Crippen LogP contribution in [0.1, 0.15) is 47.3 Å². The molecule has 1 aliphatic heterocycles. The van der Waals surface area contributed by atoms with Crippen LogP contribution >= 0.6 is 11.6 Å². The van der Waals surface area contributed by atoms with Crippen LogP contribution in [0.2, 0.25) is 5.02 Å². The molecule has 1 amide bonds. The Kier molecular flexibility index (Phi) is 5.24. The molecule has 0 spiro atoms. The second-order valence-corrected chi connectivity index (χ2v) is 6.77. The van der Waals surface area contributed by atoms with Crippen molar-refractivity contribution in [3.63, 3.8) is 0 Å². The summed E-state index contributed by atoms with van der Waals surface area (Å²) in [5.41, 5.74) is 8.35. The van der Waals surface area contributed by atoms with Crippen molar-refractivity contribution in [2.75, 3.05) is 12.4 Å². The van der Waals surface area contributed by atoms with E-state index < -0.39 is 0 Å². The number of rotatable bonds is 5. The molecule has 0 aromatic carbocycles. The first-order valence-corrected chi connectivity index (χ1v) is 8.85. The van der Waals surface area contributed by atoms with Gasteiger partial charge in [-0.05, 0) is 12.8 Å². The zero-order chi connectivity index (χ0) is 18.0. The van der Waals surface area contributed by atoms with Crippen LogP contribution in [0.4, 0.5) is 5.82 Å². The van der Waals surface area contributed by atoms with Crippen molar-refractivity contribution in [2.24, 2.45) is 5.73 Å². The number of aromatic nitrogens is 1. The summed E-state index contributed by atoms with van der Waals surface area (Å²) in [5, 5.41) is 17.2. The quantitative estimate of drug-likeness (QED) is 0.513. The van der Waals surface area contributed by atoms with Gasteiger partial charge in [-0.2, -0.15) is 0 Å². The molecule has 3 rings (SSSR count). The average Bonchev–Trinajstić information content (AvgIpc) is 3.00. The van der Waals surface area contributed by atoms with E-state index >= 15 is 0 Å². The zero-order valence-electron chi connectivity index (χ0n) is 14.2. The van der Waals surface area contributed by atoms with Crippen LogP contribution in [0.25, 0.3) is 5.57 Å². The number of carbonyl (C=O) groups excluding carboxylic acids is 1. The summed E-state index contributed by atoms with van der Waals surface area (Å²) in [6.45, 7) is 0.360. The molecule has 8 heteroatoms. The summed E-state index contributed by atoms with van der Waals surface area (Å²) in [4.78, 5) is 16.8. The lowest BCUT2D eigenvalue weighted by Crippen LogP contribution is -2.42. The molecule has 0 unspecified atom stereocenters. The molecule has 6 N–H and O–H groups in total. The Balaban J connectivity index is 2.06. The Morgan fingerprint density at radius 2 is 2.20 bits per heavy atom. The van der Waals surface area contributed by atoms with Crippen LogP contribution < -0.4 is 21.7 Å². The number of fused-ring (bicyclic) bond motifs is 1. The summed E-state index contributed by atoms with van der Waals surface area (Å²) >= 11 is 6.53. The molecular weight excluding hydrogens is 340 g/mol. The van der Waals surface area contributed by atoms with Gasteiger partial charge in [0.05, 0.1) is 16.3 Å². The van der Waals surface area contributed by atoms with Crippen molar-refractivity contribution in [3.8, 4) is 0 Å². The highest BCUT2D eigenvalue weighted by Gasteiger charge is 2.31. The van der Waals surface area contributed by atoms with E-state index in [0.29, 0.717) is 39.8 Å². The number of halogens is 1. The van der Waals surface area contributed by atoms with Gasteiger partial charge in [0.15, 0.2) is 0 Å². The van der Waals surface area contributed by atoms with E-state index in [2.05, 4.69) is 20.9 Å². The lowest BCUT2D eigenvalue weighted by atomic mass is 9.91. The number of allylic oxidation sites excluding steroid dienone is 1. The molecule has 25 heavy (non-hydrogen) atoms. The van der Waals surface area contributed by atoms with Gasteiger partial charge in [-0.1, -0.05) is 24.4 Å². The highest BCUT2D eigenvalue weighted by atomic mass is 35.5. The first-order chi connectivity index (χ1) is 12.1. The number of amides is 1. The summed E-state index contributed by atoms with van der Waals surface area (Å²) in [6.07, 6.45) is 7.01. The maximum Gasteiger partial charge on any atom is 0.254 e. The van der Waals surface area contributed by atoms with Crippen molar-refractivity contribution in [1.82, 2.24) is 15.6 Å². The maximum atomic E-state index is 12.2. The van der Waals surface area contributed by atoms with Crippen LogP contribution in [-0.2, 0) is 6.54 Å². The van der Waals surface area contributed by atoms with Crippen molar-refractivity contribution in [1.29, 1.82) is 5.41 Å². The summed E-state index contributed by atoms with van der Waals surface area (Å²) in [5.74, 6) is 0.308. The van der Waals surface area contributed by atoms with E-state index in [-0.39, 0.29) is 18.0 Å². The minimum absolute atomic E-state index is 0.0538. The monoisotopic (exact) mass is 362 g/mol. The number of nitrogens with zero attached hydrogens (tertiary/aromatic N) is 1. The molecule has 0 radical (unpaired) electrons. The molecule has 1 aliphatic carbocycles. The van der Waals surface area contributed by atoms with Gasteiger partial charge in [-0.25, -0.2) is 4.98 Å². The fraction of sp³-hybridized carbons (Fsp3) is 0.471. The van der Waals surface area contributed by atoms with Crippen LogP contribution in [0.15, 0.2) is 6.20 Å². The highest BCUT2D eigenvalue weighted by molar-refractivity contribution is 6.34. The summed E-state index contributed by atoms with van der Waals surface area (Å²) in [6, 6.07) is 0.157. The van der Waals surface area contributed by atoms with Crippen molar-refractivity contribution in [2.45, 2.75) is 44.3 Å². The van der Waals surface area contributed by atoms with E-state index in [1.54, 1.807) is 13.2 Å². The number of nitrogens with two attached hydrogens (primary N) is 1. The van der Waals surface area contributed by atoms with Crippen LogP contribution in [0.5, 0.6) is 0 Å². The predicted octanol–water partition coefficient (Wildman–Crippen LogP) is 1.87. The highest BCUT2D eigenvalue weighted by Crippen LogP contribution is 2.35. The maximum absolute atomic E-state index is 12.2. The van der Waals surface area contributed by atoms with Crippen molar-refractivity contribution >= 4 is 35.1 Å². The minimum atomic E-state index is -0.218. The fourth-order valence-corrected chi connectivity index (χ4v) is 3.69. The first kappa shape index (κ1) is 17.7. The smallest absolute Gasteiger partial charge is 0.254 e. The van der Waals surface area contributed by atoms with Gasteiger partial charge in [0.1, 0.15) is 5.82 Å². The number of carbonyl (C=O) groups is 1. The molecule has 2 atom stereocenters. The molecule has 1 saturated carbocycles. The van der Waals surface area contributed by atoms with Gasteiger partial charge < -0.3 is 27.1 Å². The topological polar surface area (TPSA) is 116 Å². The largest absolute Gasteiger partial charge is 0.393 e. The van der Waals surface area contributed by atoms with E-state index in [0.717, 1.165) is 25.7 Å². The van der Waals surface area contributed by atoms with Crippen LogP contribution in [-0.4, -0.2) is 36.2 Å². The fourth-order valence-electron chi connectivity index (χ4n) is 3.43. The Labute approximate surface area is 151 Å². The molecule has 1 fully saturated rings. The first-order valence-electron chi connectivity index (χ1n) is 8.47. The van der Waals surface area contributed by atoms with Crippen molar-refractivity contribution < 1.29 is 4.79 Å². The molecule has 2 heterocycles. The third kappa shape index (κ3) is 3.34. The standard InChI is InChI=1S/C17H23ClN6O/c1-21-7-9(6-19)15-13-10(8-22-17(13)25)14(18)16(24-15)23-12-5-3-2-4-11(12)20/h6-7,11-12,19,21H,2-5,8,20H2,1H3,(H,22,25)(H,23,24)/b9-7+,19-6?/t11-,12+/m0/s1. The summed E-state index contributed by atoms with van der Waals surface area (Å²) in [7, 11) is 1.74. The van der Waals surface area contributed by atoms with Gasteiger partial charge in [0.25, 0.3) is 5.91 Å². The molecule has 134 valence electrons. The number of nitrogens with one attached hydrogen (secondary N) is 4. The lowest BCUT2D eigenvalue weighted by Gasteiger charge is -2.30. The Morgan fingerprint density at radius 1 is 1.44 bits per heavy atom. The van der Waals surface area contributed by atoms with Gasteiger partial charge >= 0.3 is 0 Å². The molecule has 0 bridgehead atoms. The third-order valence-electron chi connectivity index (χ3n) is 4.76. The Hall–Kier alpha value is -2.12. The second-order valence-electron chi connectivity index (χ2n) is 6.39. The Morgan fingerprint density at radius 3 is 2.88 bits per heavy atom. The van der Waals surface area contributed by atoms with E-state index in [1.807, 2.05) is 0 Å². The molecule has 2 aliphatic rings. The van der Waals surface area contributed by atoms with Crippen molar-refractivity contribution in [3.05, 3.63) is 28.0 Å². The van der Waals surface area contributed by atoms with Gasteiger partial charge in [0.2, 0.25) is 0 Å². The average molecular weight is 363 g/mol. The number of anilines is 1. The zero-order valence-corrected chi connectivity index (χ0v) is 14.9.